The molecule has 0 atom stereocenters. The van der Waals surface area contributed by atoms with Crippen LogP contribution in [0.25, 0.3) is 21.5 Å². The van der Waals surface area contributed by atoms with E-state index in [2.05, 4.69) is 88.9 Å². The van der Waals surface area contributed by atoms with E-state index < -0.39 is 5.41 Å². The number of carbonyl (C=O) groups excluding carboxylic acids is 1. The number of benzene rings is 3. The van der Waals surface area contributed by atoms with Crippen molar-refractivity contribution in [2.75, 3.05) is 19.6 Å². The van der Waals surface area contributed by atoms with Crippen LogP contribution in [-0.4, -0.2) is 30.3 Å². The monoisotopic (exact) mass is 417 g/mol. The molecule has 166 valence electrons. The highest BCUT2D eigenvalue weighted by atomic mass is 16.1. The average molecular weight is 418 g/mol. The molecule has 0 aliphatic rings. The fourth-order valence-electron chi connectivity index (χ4n) is 4.31. The lowest BCUT2D eigenvalue weighted by molar-refractivity contribution is 0.0757. The summed E-state index contributed by atoms with van der Waals surface area (Å²) in [4.78, 5) is 16.3. The van der Waals surface area contributed by atoms with Gasteiger partial charge in [-0.25, -0.2) is 0 Å². The quantitative estimate of drug-likeness (QED) is 0.250. The third-order valence-electron chi connectivity index (χ3n) is 6.27. The van der Waals surface area contributed by atoms with E-state index in [9.17, 15) is 4.79 Å². The van der Waals surface area contributed by atoms with E-state index in [0.29, 0.717) is 11.8 Å². The summed E-state index contributed by atoms with van der Waals surface area (Å²) in [6, 6.07) is 18.9. The minimum absolute atomic E-state index is 0.243. The van der Waals surface area contributed by atoms with Crippen LogP contribution in [0.3, 0.4) is 0 Å². The van der Waals surface area contributed by atoms with Crippen molar-refractivity contribution in [3.63, 3.8) is 0 Å². The van der Waals surface area contributed by atoms with Gasteiger partial charge in [0.1, 0.15) is 0 Å². The van der Waals surface area contributed by atoms with Gasteiger partial charge in [0.25, 0.3) is 0 Å². The molecule has 0 bridgehead atoms. The molecule has 0 N–H and O–H groups in total. The smallest absolute Gasteiger partial charge is 0.170 e. The molecule has 0 spiro atoms. The van der Waals surface area contributed by atoms with Crippen molar-refractivity contribution in [1.82, 2.24) is 4.90 Å². The first-order chi connectivity index (χ1) is 14.7. The molecule has 0 saturated carbocycles. The van der Waals surface area contributed by atoms with Gasteiger partial charge in [0.05, 0.1) is 0 Å². The van der Waals surface area contributed by atoms with Crippen LogP contribution in [0.1, 0.15) is 64.7 Å². The van der Waals surface area contributed by atoms with Gasteiger partial charge in [0.15, 0.2) is 5.78 Å². The van der Waals surface area contributed by atoms with Gasteiger partial charge in [-0.05, 0) is 71.4 Å². The summed E-state index contributed by atoms with van der Waals surface area (Å²) in [5, 5.41) is 4.60. The van der Waals surface area contributed by atoms with Gasteiger partial charge in [0.2, 0.25) is 0 Å². The molecular weight excluding hydrogens is 378 g/mol. The van der Waals surface area contributed by atoms with Crippen LogP contribution in [0.15, 0.2) is 54.6 Å². The van der Waals surface area contributed by atoms with Crippen molar-refractivity contribution in [3.8, 4) is 0 Å². The van der Waals surface area contributed by atoms with Gasteiger partial charge >= 0.3 is 0 Å². The summed E-state index contributed by atoms with van der Waals surface area (Å²) < 4.78 is 0. The van der Waals surface area contributed by atoms with Crippen LogP contribution in [0.5, 0.6) is 0 Å². The number of carbonyl (C=O) groups is 1. The molecule has 3 rings (SSSR count). The van der Waals surface area contributed by atoms with Crippen molar-refractivity contribution in [2.24, 2.45) is 17.3 Å². The molecule has 31 heavy (non-hydrogen) atoms. The molecule has 0 saturated heterocycles. The third kappa shape index (κ3) is 5.95. The van der Waals surface area contributed by atoms with Gasteiger partial charge in [-0.3, -0.25) is 4.79 Å². The highest BCUT2D eigenvalue weighted by molar-refractivity contribution is 6.13. The maximum atomic E-state index is 13.8. The van der Waals surface area contributed by atoms with Gasteiger partial charge < -0.3 is 4.90 Å². The van der Waals surface area contributed by atoms with Crippen molar-refractivity contribution < 1.29 is 4.79 Å². The molecule has 0 unspecified atom stereocenters. The molecule has 2 heteroatoms. The Morgan fingerprint density at radius 3 is 1.94 bits per heavy atom. The number of rotatable bonds is 10. The Labute approximate surface area is 188 Å². The van der Waals surface area contributed by atoms with Crippen molar-refractivity contribution in [3.05, 3.63) is 60.2 Å². The SMILES string of the molecule is CC(C)CCN(CCC(C)C)CC(C)(C)C(=O)c1cccc2cc3ccccc3cc12. The predicted octanol–water partition coefficient (Wildman–Crippen LogP) is 7.60. The normalized spacial score (nSPS) is 12.5. The van der Waals surface area contributed by atoms with E-state index >= 15 is 0 Å². The zero-order valence-electron chi connectivity index (χ0n) is 20.2. The number of hydrogen-bond donors (Lipinski definition) is 0. The van der Waals surface area contributed by atoms with E-state index in [1.165, 1.54) is 23.6 Å². The van der Waals surface area contributed by atoms with Crippen molar-refractivity contribution in [2.45, 2.75) is 54.4 Å². The zero-order valence-corrected chi connectivity index (χ0v) is 20.2. The van der Waals surface area contributed by atoms with Crippen LogP contribution in [0.2, 0.25) is 0 Å². The van der Waals surface area contributed by atoms with E-state index in [1.807, 2.05) is 12.1 Å². The second kappa shape index (κ2) is 9.96. The first kappa shape index (κ1) is 23.5. The topological polar surface area (TPSA) is 20.3 Å². The molecule has 0 radical (unpaired) electrons. The van der Waals surface area contributed by atoms with Crippen LogP contribution >= 0.6 is 0 Å². The van der Waals surface area contributed by atoms with Gasteiger partial charge in [-0.1, -0.05) is 84.0 Å². The summed E-state index contributed by atoms with van der Waals surface area (Å²) in [6.45, 7) is 16.3. The lowest BCUT2D eigenvalue weighted by Gasteiger charge is -2.33. The van der Waals surface area contributed by atoms with Crippen molar-refractivity contribution in [1.29, 1.82) is 0 Å². The summed E-state index contributed by atoms with van der Waals surface area (Å²) in [5.74, 6) is 1.59. The maximum absolute atomic E-state index is 13.8. The van der Waals surface area contributed by atoms with Crippen LogP contribution in [0.4, 0.5) is 0 Å². The number of hydrogen-bond acceptors (Lipinski definition) is 2. The molecule has 0 amide bonds. The van der Waals surface area contributed by atoms with E-state index in [4.69, 9.17) is 0 Å². The van der Waals surface area contributed by atoms with Gasteiger partial charge in [-0.2, -0.15) is 0 Å². The maximum Gasteiger partial charge on any atom is 0.170 e. The third-order valence-corrected chi connectivity index (χ3v) is 6.27. The zero-order chi connectivity index (χ0) is 22.6. The fraction of sp³-hybridized carbons (Fsp3) is 0.483. The largest absolute Gasteiger partial charge is 0.302 e. The molecular formula is C29H39NO. The van der Waals surface area contributed by atoms with Gasteiger partial charge in [-0.15, -0.1) is 0 Å². The summed E-state index contributed by atoms with van der Waals surface area (Å²) >= 11 is 0. The highest BCUT2D eigenvalue weighted by Gasteiger charge is 2.32. The lowest BCUT2D eigenvalue weighted by atomic mass is 9.81. The highest BCUT2D eigenvalue weighted by Crippen LogP contribution is 2.31. The molecule has 0 fully saturated rings. The van der Waals surface area contributed by atoms with E-state index in [-0.39, 0.29) is 5.78 Å². The Balaban J connectivity index is 1.90. The summed E-state index contributed by atoms with van der Waals surface area (Å²) in [7, 11) is 0. The molecule has 3 aromatic carbocycles. The number of Topliss-reactive ketones (excluding diaryl/α,β-unsaturated/α-hetero) is 1. The van der Waals surface area contributed by atoms with Crippen LogP contribution in [-0.2, 0) is 0 Å². The number of ketones is 1. The predicted molar refractivity (Wildman–Crippen MR) is 135 cm³/mol. The molecule has 0 heterocycles. The standard InChI is InChI=1S/C29H39NO/c1-21(2)14-16-30(17-15-22(3)4)20-29(5,6)28(31)26-13-9-12-25-18-23-10-7-8-11-24(23)19-27(25)26/h7-13,18-19,21-22H,14-17,20H2,1-6H3. The van der Waals surface area contributed by atoms with Gasteiger partial charge in [0, 0.05) is 17.5 Å². The summed E-state index contributed by atoms with van der Waals surface area (Å²) in [6.07, 6.45) is 2.34. The fourth-order valence-corrected chi connectivity index (χ4v) is 4.31. The Morgan fingerprint density at radius 1 is 0.806 bits per heavy atom. The minimum Gasteiger partial charge on any atom is -0.302 e. The molecule has 3 aromatic rings. The number of fused-ring (bicyclic) bond motifs is 2. The van der Waals surface area contributed by atoms with Crippen LogP contribution in [0, 0.1) is 17.3 Å². The van der Waals surface area contributed by atoms with Crippen molar-refractivity contribution >= 4 is 27.3 Å². The molecule has 2 nitrogen and oxygen atoms in total. The first-order valence-corrected chi connectivity index (χ1v) is 11.9. The molecule has 0 aliphatic heterocycles. The average Bonchev–Trinajstić information content (AvgIpc) is 2.72. The number of nitrogens with zero attached hydrogens (tertiary/aromatic N) is 1. The van der Waals surface area contributed by atoms with E-state index in [1.54, 1.807) is 0 Å². The second-order valence-corrected chi connectivity index (χ2v) is 10.6. The first-order valence-electron chi connectivity index (χ1n) is 11.9. The Hall–Kier alpha value is -2.19. The minimum atomic E-state index is -0.437. The molecule has 0 aromatic heterocycles. The molecule has 0 aliphatic carbocycles. The summed E-state index contributed by atoms with van der Waals surface area (Å²) in [5.41, 5.74) is 0.411. The van der Waals surface area contributed by atoms with E-state index in [0.717, 1.165) is 36.0 Å². The second-order valence-electron chi connectivity index (χ2n) is 10.6. The Bertz CT molecular complexity index is 1020. The van der Waals surface area contributed by atoms with Crippen LogP contribution < -0.4 is 0 Å². The Kier molecular flexibility index (Phi) is 7.54. The lowest BCUT2D eigenvalue weighted by Crippen LogP contribution is -2.41. The Morgan fingerprint density at radius 2 is 1.35 bits per heavy atom.